The molecule has 3 rings (SSSR count). The van der Waals surface area contributed by atoms with Gasteiger partial charge in [-0.1, -0.05) is 0 Å². The molecule has 3 heterocycles. The molecule has 0 amide bonds. The van der Waals surface area contributed by atoms with Crippen LogP contribution >= 0.6 is 0 Å². The Balaban J connectivity index is 1.76. The van der Waals surface area contributed by atoms with Crippen LogP contribution in [0.3, 0.4) is 0 Å². The fraction of sp³-hybridized carbons (Fsp3) is 0.429. The number of anilines is 1. The lowest BCUT2D eigenvalue weighted by Crippen LogP contribution is -2.24. The highest BCUT2D eigenvalue weighted by molar-refractivity contribution is 5.84. The first kappa shape index (κ1) is 14.5. The summed E-state index contributed by atoms with van der Waals surface area (Å²) in [5, 5.41) is 16.3. The van der Waals surface area contributed by atoms with E-state index in [9.17, 15) is 4.79 Å². The molecule has 2 N–H and O–H groups in total. The number of carboxylic acids is 1. The molecule has 22 heavy (non-hydrogen) atoms. The zero-order valence-electron chi connectivity index (χ0n) is 12.4. The lowest BCUT2D eigenvalue weighted by Gasteiger charge is -2.20. The van der Waals surface area contributed by atoms with Crippen molar-refractivity contribution in [3.05, 3.63) is 35.5 Å². The van der Waals surface area contributed by atoms with Crippen molar-refractivity contribution in [1.82, 2.24) is 19.7 Å². The number of nitrogens with one attached hydrogen (secondary N) is 1. The van der Waals surface area contributed by atoms with E-state index in [1.165, 1.54) is 12.4 Å². The van der Waals surface area contributed by atoms with Gasteiger partial charge in [-0.3, -0.25) is 4.68 Å². The van der Waals surface area contributed by atoms with Crippen molar-refractivity contribution in [1.29, 1.82) is 0 Å². The molecule has 8 heteroatoms. The summed E-state index contributed by atoms with van der Waals surface area (Å²) in [6.45, 7) is 2.65. The minimum Gasteiger partial charge on any atom is -0.476 e. The van der Waals surface area contributed by atoms with Crippen molar-refractivity contribution < 1.29 is 14.6 Å². The maximum atomic E-state index is 10.8. The van der Waals surface area contributed by atoms with Gasteiger partial charge in [-0.25, -0.2) is 14.8 Å². The van der Waals surface area contributed by atoms with Crippen LogP contribution in [0.2, 0.25) is 0 Å². The molecule has 2 aromatic rings. The number of hydrogen-bond donors (Lipinski definition) is 2. The Morgan fingerprint density at radius 2 is 2.23 bits per heavy atom. The van der Waals surface area contributed by atoms with Crippen molar-refractivity contribution in [2.75, 3.05) is 11.9 Å². The Bertz CT molecular complexity index is 682. The highest BCUT2D eigenvalue weighted by Crippen LogP contribution is 2.32. The summed E-state index contributed by atoms with van der Waals surface area (Å²) in [6, 6.07) is 0.0490. The van der Waals surface area contributed by atoms with Crippen LogP contribution in [0.25, 0.3) is 0 Å². The number of nitrogens with zero attached hydrogens (tertiary/aromatic N) is 4. The maximum absolute atomic E-state index is 10.8. The summed E-state index contributed by atoms with van der Waals surface area (Å²) in [5.74, 6) is -0.556. The summed E-state index contributed by atoms with van der Waals surface area (Å²) in [4.78, 5) is 18.7. The topological polar surface area (TPSA) is 102 Å². The van der Waals surface area contributed by atoms with Gasteiger partial charge in [0, 0.05) is 24.9 Å². The van der Waals surface area contributed by atoms with Crippen molar-refractivity contribution >= 4 is 11.8 Å². The van der Waals surface area contributed by atoms with Gasteiger partial charge >= 0.3 is 5.97 Å². The highest BCUT2D eigenvalue weighted by atomic mass is 16.5. The largest absolute Gasteiger partial charge is 0.476 e. The molecule has 1 fully saturated rings. The summed E-state index contributed by atoms with van der Waals surface area (Å²) >= 11 is 0. The molecular weight excluding hydrogens is 286 g/mol. The minimum atomic E-state index is -1.09. The Hall–Kier alpha value is -2.48. The molecule has 2 atom stereocenters. The molecule has 1 aliphatic heterocycles. The number of carboxylic acid groups (broad SMARTS) is 1. The van der Waals surface area contributed by atoms with Crippen molar-refractivity contribution in [3.63, 3.8) is 0 Å². The van der Waals surface area contributed by atoms with Crippen LogP contribution in [0.5, 0.6) is 0 Å². The second-order valence-corrected chi connectivity index (χ2v) is 5.23. The predicted molar refractivity (Wildman–Crippen MR) is 77.7 cm³/mol. The molecule has 0 radical (unpaired) electrons. The van der Waals surface area contributed by atoms with E-state index in [4.69, 9.17) is 9.84 Å². The Kier molecular flexibility index (Phi) is 3.76. The average molecular weight is 303 g/mol. The third-order valence-corrected chi connectivity index (χ3v) is 3.88. The lowest BCUT2D eigenvalue weighted by molar-refractivity contribution is 0.0690. The number of carbonyl (C=O) groups is 1. The molecule has 0 spiro atoms. The fourth-order valence-corrected chi connectivity index (χ4v) is 2.54. The van der Waals surface area contributed by atoms with E-state index < -0.39 is 5.97 Å². The standard InChI is InChI=1S/C14H17N5O3/c1-8-9(5-17-19(8)2)13-10(3-4-22-13)18-12-7-15-11(6-16-12)14(20)21/h5-7,10,13H,3-4H2,1-2H3,(H,16,18)(H,20,21)/t10-,13+/m0/s1. The van der Waals surface area contributed by atoms with E-state index in [0.29, 0.717) is 12.4 Å². The normalized spacial score (nSPS) is 21.0. The fourth-order valence-electron chi connectivity index (χ4n) is 2.54. The van der Waals surface area contributed by atoms with Gasteiger partial charge in [-0.05, 0) is 13.3 Å². The van der Waals surface area contributed by atoms with Gasteiger partial charge in [0.1, 0.15) is 11.9 Å². The molecule has 1 aliphatic rings. The van der Waals surface area contributed by atoms with Gasteiger partial charge < -0.3 is 15.2 Å². The average Bonchev–Trinajstić information content (AvgIpc) is 3.07. The van der Waals surface area contributed by atoms with Crippen LogP contribution in [0.1, 0.15) is 34.3 Å². The summed E-state index contributed by atoms with van der Waals surface area (Å²) in [7, 11) is 1.90. The van der Waals surface area contributed by atoms with Gasteiger partial charge in [0.05, 0.1) is 24.6 Å². The van der Waals surface area contributed by atoms with Crippen molar-refractivity contribution in [2.45, 2.75) is 25.5 Å². The second kappa shape index (κ2) is 5.72. The first-order valence-electron chi connectivity index (χ1n) is 6.98. The molecule has 1 saturated heterocycles. The second-order valence-electron chi connectivity index (χ2n) is 5.23. The Morgan fingerprint density at radius 1 is 1.41 bits per heavy atom. The first-order valence-corrected chi connectivity index (χ1v) is 6.98. The van der Waals surface area contributed by atoms with E-state index in [2.05, 4.69) is 20.4 Å². The van der Waals surface area contributed by atoms with E-state index in [1.54, 1.807) is 0 Å². The van der Waals surface area contributed by atoms with Crippen LogP contribution in [0, 0.1) is 6.92 Å². The van der Waals surface area contributed by atoms with Crippen LogP contribution in [-0.2, 0) is 11.8 Å². The molecule has 0 unspecified atom stereocenters. The highest BCUT2D eigenvalue weighted by Gasteiger charge is 2.32. The van der Waals surface area contributed by atoms with Crippen molar-refractivity contribution in [2.24, 2.45) is 7.05 Å². The first-order chi connectivity index (χ1) is 10.6. The number of aromatic carboxylic acids is 1. The molecule has 8 nitrogen and oxygen atoms in total. The maximum Gasteiger partial charge on any atom is 0.356 e. The van der Waals surface area contributed by atoms with Gasteiger partial charge in [0.25, 0.3) is 0 Å². The number of rotatable bonds is 4. The molecule has 0 aromatic carbocycles. The van der Waals surface area contributed by atoms with E-state index in [-0.39, 0.29) is 17.8 Å². The Morgan fingerprint density at radius 3 is 2.82 bits per heavy atom. The van der Waals surface area contributed by atoms with Gasteiger partial charge in [0.2, 0.25) is 0 Å². The summed E-state index contributed by atoms with van der Waals surface area (Å²) in [6.07, 6.45) is 5.22. The zero-order valence-corrected chi connectivity index (χ0v) is 12.4. The minimum absolute atomic E-state index is 0.0490. The SMILES string of the molecule is Cc1c([C@H]2OCC[C@@H]2Nc2cnc(C(=O)O)cn2)cnn1C. The number of aromatic nitrogens is 4. The van der Waals surface area contributed by atoms with Gasteiger partial charge in [-0.15, -0.1) is 0 Å². The summed E-state index contributed by atoms with van der Waals surface area (Å²) in [5.41, 5.74) is 2.03. The third-order valence-electron chi connectivity index (χ3n) is 3.88. The van der Waals surface area contributed by atoms with Gasteiger partial charge in [-0.2, -0.15) is 5.10 Å². The molecule has 116 valence electrons. The molecular formula is C14H17N5O3. The van der Waals surface area contributed by atoms with Crippen LogP contribution in [0.4, 0.5) is 5.82 Å². The number of hydrogen-bond acceptors (Lipinski definition) is 6. The predicted octanol–water partition coefficient (Wildman–Crippen LogP) is 1.16. The summed E-state index contributed by atoms with van der Waals surface area (Å²) < 4.78 is 7.64. The van der Waals surface area contributed by atoms with Gasteiger partial charge in [0.15, 0.2) is 5.69 Å². The monoisotopic (exact) mass is 303 g/mol. The Labute approximate surface area is 127 Å². The van der Waals surface area contributed by atoms with Crippen LogP contribution in [-0.4, -0.2) is 43.5 Å². The smallest absolute Gasteiger partial charge is 0.356 e. The molecule has 0 saturated carbocycles. The van der Waals surface area contributed by atoms with E-state index in [1.807, 2.05) is 24.9 Å². The van der Waals surface area contributed by atoms with Crippen LogP contribution in [0.15, 0.2) is 18.6 Å². The quantitative estimate of drug-likeness (QED) is 0.873. The third kappa shape index (κ3) is 2.64. The van der Waals surface area contributed by atoms with E-state index >= 15 is 0 Å². The molecule has 0 bridgehead atoms. The number of aryl methyl sites for hydroxylation is 1. The van der Waals surface area contributed by atoms with Crippen LogP contribution < -0.4 is 5.32 Å². The molecule has 2 aromatic heterocycles. The van der Waals surface area contributed by atoms with Crippen molar-refractivity contribution in [3.8, 4) is 0 Å². The zero-order chi connectivity index (χ0) is 15.7. The number of ether oxygens (including phenoxy) is 1. The van der Waals surface area contributed by atoms with E-state index in [0.717, 1.165) is 17.7 Å². The molecule has 0 aliphatic carbocycles. The lowest BCUT2D eigenvalue weighted by atomic mass is 10.0.